The average molecular weight is 561 g/mol. The first-order valence-electron chi connectivity index (χ1n) is 14.1. The van der Waals surface area contributed by atoms with Crippen molar-refractivity contribution in [3.05, 3.63) is 133 Å². The molecule has 0 aliphatic rings. The van der Waals surface area contributed by atoms with Gasteiger partial charge in [0.15, 0.2) is 0 Å². The summed E-state index contributed by atoms with van der Waals surface area (Å²) < 4.78 is 0. The van der Waals surface area contributed by atoms with Gasteiger partial charge in [-0.2, -0.15) is 10.5 Å². The fourth-order valence-corrected chi connectivity index (χ4v) is 6.04. The molecule has 4 aromatic carbocycles. The highest BCUT2D eigenvalue weighted by molar-refractivity contribution is 6.27. The molecule has 0 aliphatic heterocycles. The second kappa shape index (κ2) is 10.1. The van der Waals surface area contributed by atoms with Crippen LogP contribution in [0.3, 0.4) is 0 Å². The van der Waals surface area contributed by atoms with E-state index in [9.17, 15) is 10.5 Å². The van der Waals surface area contributed by atoms with E-state index in [1.54, 1.807) is 24.5 Å². The van der Waals surface area contributed by atoms with E-state index in [1.165, 1.54) is 10.8 Å². The van der Waals surface area contributed by atoms with Gasteiger partial charge in [-0.3, -0.25) is 0 Å². The second-order valence-corrected chi connectivity index (χ2v) is 10.5. The number of nitrogens with zero attached hydrogens (tertiary/aromatic N) is 6. The number of hydrogen-bond acceptors (Lipinski definition) is 6. The number of nitriles is 2. The van der Waals surface area contributed by atoms with Crippen molar-refractivity contribution in [2.75, 3.05) is 0 Å². The Hall–Kier alpha value is -6.50. The second-order valence-electron chi connectivity index (χ2n) is 10.5. The monoisotopic (exact) mass is 560 g/mol. The van der Waals surface area contributed by atoms with Gasteiger partial charge in [0.25, 0.3) is 0 Å². The van der Waals surface area contributed by atoms with Crippen molar-refractivity contribution in [3.63, 3.8) is 0 Å². The zero-order valence-corrected chi connectivity index (χ0v) is 23.2. The lowest BCUT2D eigenvalue weighted by molar-refractivity contribution is 1.25. The van der Waals surface area contributed by atoms with Crippen molar-refractivity contribution >= 4 is 32.3 Å². The van der Waals surface area contributed by atoms with Crippen molar-refractivity contribution in [1.29, 1.82) is 10.5 Å². The molecule has 0 saturated carbocycles. The summed E-state index contributed by atoms with van der Waals surface area (Å²) in [5.74, 6) is 0. The van der Waals surface area contributed by atoms with Gasteiger partial charge < -0.3 is 0 Å². The molecule has 0 aliphatic carbocycles. The highest BCUT2D eigenvalue weighted by Crippen LogP contribution is 2.42. The molecule has 0 bridgehead atoms. The zero-order chi connectivity index (χ0) is 29.6. The Kier molecular flexibility index (Phi) is 5.79. The molecule has 0 unspecified atom stereocenters. The number of aromatic nitrogens is 4. The van der Waals surface area contributed by atoms with Crippen LogP contribution in [0, 0.1) is 22.7 Å². The Labute approximate surface area is 252 Å². The minimum absolute atomic E-state index is 0.362. The van der Waals surface area contributed by atoms with E-state index in [0.717, 1.165) is 66.6 Å². The van der Waals surface area contributed by atoms with Gasteiger partial charge in [-0.25, -0.2) is 19.9 Å². The van der Waals surface area contributed by atoms with Crippen LogP contribution in [0.25, 0.3) is 77.3 Å². The molecule has 0 saturated heterocycles. The predicted octanol–water partition coefficient (Wildman–Crippen LogP) is 8.58. The summed E-state index contributed by atoms with van der Waals surface area (Å²) in [7, 11) is 0. The van der Waals surface area contributed by atoms with Gasteiger partial charge in [-0.05, 0) is 80.8 Å². The van der Waals surface area contributed by atoms with Crippen LogP contribution in [-0.2, 0) is 0 Å². The van der Waals surface area contributed by atoms with Crippen LogP contribution in [0.15, 0.2) is 122 Å². The lowest BCUT2D eigenvalue weighted by Gasteiger charge is -2.16. The van der Waals surface area contributed by atoms with E-state index in [1.807, 2.05) is 48.5 Å². The molecule has 4 heterocycles. The van der Waals surface area contributed by atoms with Crippen LogP contribution >= 0.6 is 0 Å². The molecule has 0 fully saturated rings. The molecule has 0 spiro atoms. The summed E-state index contributed by atoms with van der Waals surface area (Å²) in [4.78, 5) is 18.2. The van der Waals surface area contributed by atoms with E-state index in [0.29, 0.717) is 11.4 Å². The smallest absolute Gasteiger partial charge is 0.141 e. The van der Waals surface area contributed by atoms with Gasteiger partial charge in [0.1, 0.15) is 23.5 Å². The van der Waals surface area contributed by atoms with Crippen LogP contribution in [0.2, 0.25) is 0 Å². The molecule has 6 nitrogen and oxygen atoms in total. The highest BCUT2D eigenvalue weighted by atomic mass is 14.7. The molecule has 6 heteroatoms. The zero-order valence-electron chi connectivity index (χ0n) is 23.2. The normalized spacial score (nSPS) is 11.1. The van der Waals surface area contributed by atoms with Gasteiger partial charge in [0.2, 0.25) is 0 Å². The summed E-state index contributed by atoms with van der Waals surface area (Å²) in [5, 5.41) is 25.6. The summed E-state index contributed by atoms with van der Waals surface area (Å²) in [6.07, 6.45) is 3.28. The van der Waals surface area contributed by atoms with Gasteiger partial charge in [-0.15, -0.1) is 0 Å². The summed E-state index contributed by atoms with van der Waals surface area (Å²) in [6, 6.07) is 40.8. The molecule has 44 heavy (non-hydrogen) atoms. The van der Waals surface area contributed by atoms with Crippen molar-refractivity contribution in [2.45, 2.75) is 0 Å². The van der Waals surface area contributed by atoms with E-state index >= 15 is 0 Å². The maximum absolute atomic E-state index is 9.32. The highest BCUT2D eigenvalue weighted by Gasteiger charge is 2.16. The Morgan fingerprint density at radius 1 is 0.455 bits per heavy atom. The lowest BCUT2D eigenvalue weighted by atomic mass is 9.88. The first-order valence-corrected chi connectivity index (χ1v) is 14.1. The molecule has 0 N–H and O–H groups in total. The molecular weight excluding hydrogens is 540 g/mol. The maximum Gasteiger partial charge on any atom is 0.141 e. The molecule has 0 amide bonds. The quantitative estimate of drug-likeness (QED) is 0.200. The maximum atomic E-state index is 9.32. The Morgan fingerprint density at radius 2 is 0.886 bits per heavy atom. The third kappa shape index (κ3) is 4.10. The van der Waals surface area contributed by atoms with Crippen LogP contribution in [0.1, 0.15) is 11.4 Å². The average Bonchev–Trinajstić information content (AvgIpc) is 3.10. The molecular formula is C38H20N6. The number of pyridine rings is 4. The first kappa shape index (κ1) is 25.2. The van der Waals surface area contributed by atoms with Crippen LogP contribution in [0.5, 0.6) is 0 Å². The predicted molar refractivity (Wildman–Crippen MR) is 172 cm³/mol. The van der Waals surface area contributed by atoms with Crippen LogP contribution in [0.4, 0.5) is 0 Å². The molecule has 0 atom stereocenters. The fourth-order valence-electron chi connectivity index (χ4n) is 6.04. The Morgan fingerprint density at radius 3 is 1.34 bits per heavy atom. The minimum Gasteiger partial charge on any atom is -0.248 e. The van der Waals surface area contributed by atoms with Crippen LogP contribution in [-0.4, -0.2) is 19.9 Å². The van der Waals surface area contributed by atoms with E-state index in [-0.39, 0.29) is 0 Å². The largest absolute Gasteiger partial charge is 0.248 e. The lowest BCUT2D eigenvalue weighted by Crippen LogP contribution is -1.93. The molecule has 202 valence electrons. The van der Waals surface area contributed by atoms with E-state index in [2.05, 4.69) is 70.6 Å². The molecule has 4 aromatic heterocycles. The molecule has 0 radical (unpaired) electrons. The number of hydrogen-bond donors (Lipinski definition) is 0. The first-order chi connectivity index (χ1) is 21.7. The van der Waals surface area contributed by atoms with Crippen molar-refractivity contribution in [1.82, 2.24) is 19.9 Å². The number of rotatable bonds is 4. The SMILES string of the molecule is N#Cc1cc(-c2cccc(-c3ccc4ccc5c(-c6cccc(-c7ccnc(C#N)c7)n6)ccc6ccc3c4c65)n2)ccn1. The third-order valence-corrected chi connectivity index (χ3v) is 8.06. The summed E-state index contributed by atoms with van der Waals surface area (Å²) in [5.41, 5.74) is 7.81. The van der Waals surface area contributed by atoms with Crippen LogP contribution < -0.4 is 0 Å². The van der Waals surface area contributed by atoms with Gasteiger partial charge in [0, 0.05) is 34.6 Å². The van der Waals surface area contributed by atoms with Crippen molar-refractivity contribution in [2.24, 2.45) is 0 Å². The van der Waals surface area contributed by atoms with E-state index < -0.39 is 0 Å². The van der Waals surface area contributed by atoms with Gasteiger partial charge in [-0.1, -0.05) is 60.7 Å². The Bertz CT molecular complexity index is 2310. The third-order valence-electron chi connectivity index (χ3n) is 8.06. The minimum atomic E-state index is 0.362. The summed E-state index contributed by atoms with van der Waals surface area (Å²) in [6.45, 7) is 0. The summed E-state index contributed by atoms with van der Waals surface area (Å²) >= 11 is 0. The fraction of sp³-hybridized carbons (Fsp3) is 0. The molecule has 8 aromatic rings. The van der Waals surface area contributed by atoms with Crippen molar-refractivity contribution < 1.29 is 0 Å². The standard InChI is InChI=1S/C38H20N6/c39-21-27-19-25(15-17-41-27)33-3-1-5-35(43-33)29-11-7-23-10-14-32-30(12-8-24-9-13-31(29)37(23)38(24)32)36-6-2-4-34(44-36)26-16-18-42-28(20-26)22-40/h1-20H. The molecule has 8 rings (SSSR count). The van der Waals surface area contributed by atoms with Gasteiger partial charge >= 0.3 is 0 Å². The Balaban J connectivity index is 1.30. The van der Waals surface area contributed by atoms with E-state index in [4.69, 9.17) is 9.97 Å². The topological polar surface area (TPSA) is 99.1 Å². The van der Waals surface area contributed by atoms with Crippen molar-refractivity contribution in [3.8, 4) is 57.2 Å². The number of benzene rings is 4. The van der Waals surface area contributed by atoms with Gasteiger partial charge in [0.05, 0.1) is 22.8 Å².